The molecule has 0 aliphatic rings. The minimum atomic E-state index is 0.671. The number of nitrogens with one attached hydrogen (secondary N) is 4. The molecule has 0 aliphatic carbocycles. The lowest BCUT2D eigenvalue weighted by atomic mass is 10.1. The van der Waals surface area contributed by atoms with Crippen molar-refractivity contribution in [2.24, 2.45) is 0 Å². The molecule has 2 aromatic heterocycles. The first kappa shape index (κ1) is 20.1. The number of fused-ring (bicyclic) bond motifs is 2. The highest BCUT2D eigenvalue weighted by atomic mass is 32.1. The highest BCUT2D eigenvalue weighted by Gasteiger charge is 2.07. The largest absolute Gasteiger partial charge is 0.497 e. The molecule has 4 aromatic rings. The Balaban J connectivity index is 1.26. The predicted octanol–water partition coefficient (Wildman–Crippen LogP) is 3.92. The lowest BCUT2D eigenvalue weighted by molar-refractivity contribution is 0.415. The van der Waals surface area contributed by atoms with E-state index in [0.717, 1.165) is 48.5 Å². The van der Waals surface area contributed by atoms with Crippen LogP contribution < -0.4 is 20.1 Å². The Hall–Kier alpha value is -3.19. The summed E-state index contributed by atoms with van der Waals surface area (Å²) in [5.41, 5.74) is 4.71. The van der Waals surface area contributed by atoms with Crippen molar-refractivity contribution < 1.29 is 9.47 Å². The molecule has 0 fully saturated rings. The lowest BCUT2D eigenvalue weighted by Gasteiger charge is -2.10. The maximum Gasteiger partial charge on any atom is 0.166 e. The Bertz CT molecular complexity index is 1070. The van der Waals surface area contributed by atoms with Gasteiger partial charge in [0.15, 0.2) is 5.11 Å². The maximum atomic E-state index is 5.44. The van der Waals surface area contributed by atoms with Crippen molar-refractivity contribution >= 4 is 39.1 Å². The van der Waals surface area contributed by atoms with E-state index in [-0.39, 0.29) is 0 Å². The fraction of sp³-hybridized carbons (Fsp3) is 0.261. The second-order valence-corrected chi connectivity index (χ2v) is 7.54. The monoisotopic (exact) mass is 422 g/mol. The second kappa shape index (κ2) is 9.09. The van der Waals surface area contributed by atoms with Gasteiger partial charge < -0.3 is 30.1 Å². The third kappa shape index (κ3) is 4.36. The highest BCUT2D eigenvalue weighted by Crippen LogP contribution is 2.24. The van der Waals surface area contributed by atoms with Crippen molar-refractivity contribution in [3.05, 3.63) is 59.9 Å². The van der Waals surface area contributed by atoms with E-state index in [9.17, 15) is 0 Å². The third-order valence-corrected chi connectivity index (χ3v) is 5.60. The molecule has 2 aromatic carbocycles. The van der Waals surface area contributed by atoms with E-state index in [0.29, 0.717) is 5.11 Å². The number of ether oxygens (including phenoxy) is 2. The van der Waals surface area contributed by atoms with Gasteiger partial charge in [-0.05, 0) is 72.6 Å². The second-order valence-electron chi connectivity index (χ2n) is 7.13. The van der Waals surface area contributed by atoms with Crippen LogP contribution in [-0.2, 0) is 12.8 Å². The van der Waals surface area contributed by atoms with Crippen LogP contribution in [0.1, 0.15) is 11.1 Å². The molecule has 0 bridgehead atoms. The number of H-pyrrole nitrogens is 2. The first-order valence-electron chi connectivity index (χ1n) is 9.97. The van der Waals surface area contributed by atoms with Gasteiger partial charge in [-0.1, -0.05) is 0 Å². The van der Waals surface area contributed by atoms with E-state index in [1.807, 2.05) is 36.7 Å². The van der Waals surface area contributed by atoms with Gasteiger partial charge in [0.05, 0.1) is 14.2 Å². The highest BCUT2D eigenvalue weighted by molar-refractivity contribution is 7.80. The molecule has 156 valence electrons. The first-order chi connectivity index (χ1) is 14.7. The minimum Gasteiger partial charge on any atom is -0.497 e. The molecule has 0 saturated heterocycles. The molecular formula is C23H26N4O2S. The van der Waals surface area contributed by atoms with Crippen molar-refractivity contribution in [3.8, 4) is 11.5 Å². The lowest BCUT2D eigenvalue weighted by Crippen LogP contribution is -2.37. The van der Waals surface area contributed by atoms with Crippen LogP contribution in [0.15, 0.2) is 48.8 Å². The Labute approximate surface area is 181 Å². The molecule has 6 nitrogen and oxygen atoms in total. The summed E-state index contributed by atoms with van der Waals surface area (Å²) in [4.78, 5) is 6.61. The average Bonchev–Trinajstić information content (AvgIpc) is 3.37. The topological polar surface area (TPSA) is 74.1 Å². The van der Waals surface area contributed by atoms with Crippen molar-refractivity contribution in [2.45, 2.75) is 12.8 Å². The zero-order valence-electron chi connectivity index (χ0n) is 17.2. The molecule has 2 heterocycles. The molecular weight excluding hydrogens is 396 g/mol. The summed E-state index contributed by atoms with van der Waals surface area (Å²) in [5, 5.41) is 9.64. The number of methoxy groups -OCH3 is 2. The van der Waals surface area contributed by atoms with Gasteiger partial charge in [0.1, 0.15) is 11.5 Å². The van der Waals surface area contributed by atoms with Gasteiger partial charge in [0.25, 0.3) is 0 Å². The third-order valence-electron chi connectivity index (χ3n) is 5.31. The van der Waals surface area contributed by atoms with E-state index in [1.54, 1.807) is 14.2 Å². The average molecular weight is 423 g/mol. The molecule has 0 unspecified atom stereocenters. The van der Waals surface area contributed by atoms with E-state index in [2.05, 4.69) is 32.7 Å². The van der Waals surface area contributed by atoms with Crippen molar-refractivity contribution in [2.75, 3.05) is 27.3 Å². The Morgan fingerprint density at radius 3 is 1.70 bits per heavy atom. The van der Waals surface area contributed by atoms with Gasteiger partial charge in [-0.15, -0.1) is 0 Å². The number of aromatic nitrogens is 2. The smallest absolute Gasteiger partial charge is 0.166 e. The SMILES string of the molecule is COc1ccc2[nH]cc(CCNC(=S)NCCc3c[nH]c4ccc(OC)cc34)c2c1. The van der Waals surface area contributed by atoms with Gasteiger partial charge in [-0.2, -0.15) is 0 Å². The van der Waals surface area contributed by atoms with Crippen LogP contribution in [0.25, 0.3) is 21.8 Å². The summed E-state index contributed by atoms with van der Waals surface area (Å²) in [5.74, 6) is 1.73. The Morgan fingerprint density at radius 1 is 0.800 bits per heavy atom. The first-order valence-corrected chi connectivity index (χ1v) is 10.4. The number of hydrogen-bond acceptors (Lipinski definition) is 3. The quantitative estimate of drug-likeness (QED) is 0.324. The fourth-order valence-electron chi connectivity index (χ4n) is 3.67. The molecule has 0 radical (unpaired) electrons. The number of aromatic amines is 2. The molecule has 7 heteroatoms. The zero-order valence-corrected chi connectivity index (χ0v) is 18.0. The summed E-state index contributed by atoms with van der Waals surface area (Å²) in [6, 6.07) is 12.1. The molecule has 0 spiro atoms. The van der Waals surface area contributed by atoms with E-state index < -0.39 is 0 Å². The predicted molar refractivity (Wildman–Crippen MR) is 126 cm³/mol. The number of hydrogen-bond donors (Lipinski definition) is 4. The van der Waals surface area contributed by atoms with Crippen LogP contribution in [0.4, 0.5) is 0 Å². The standard InChI is InChI=1S/C23H26N4O2S/c1-28-17-3-5-21-19(11-17)15(13-26-21)7-9-24-23(30)25-10-8-16-14-27-22-6-4-18(29-2)12-20(16)22/h3-6,11-14,26-27H,7-10H2,1-2H3,(H2,24,25,30). The fourth-order valence-corrected chi connectivity index (χ4v) is 3.87. The van der Waals surface area contributed by atoms with Gasteiger partial charge in [-0.3, -0.25) is 0 Å². The van der Waals surface area contributed by atoms with E-state index in [1.165, 1.54) is 21.9 Å². The summed E-state index contributed by atoms with van der Waals surface area (Å²) in [6.07, 6.45) is 5.84. The van der Waals surface area contributed by atoms with Gasteiger partial charge >= 0.3 is 0 Å². The van der Waals surface area contributed by atoms with Crippen LogP contribution in [0.3, 0.4) is 0 Å². The molecule has 0 atom stereocenters. The van der Waals surface area contributed by atoms with Crippen molar-refractivity contribution in [1.29, 1.82) is 0 Å². The van der Waals surface area contributed by atoms with Crippen LogP contribution in [0.2, 0.25) is 0 Å². The van der Waals surface area contributed by atoms with E-state index in [4.69, 9.17) is 21.7 Å². The van der Waals surface area contributed by atoms with Crippen LogP contribution >= 0.6 is 12.2 Å². The van der Waals surface area contributed by atoms with Crippen LogP contribution in [0.5, 0.6) is 11.5 Å². The summed E-state index contributed by atoms with van der Waals surface area (Å²) in [7, 11) is 3.37. The van der Waals surface area contributed by atoms with E-state index >= 15 is 0 Å². The molecule has 0 aliphatic heterocycles. The normalized spacial score (nSPS) is 11.0. The summed E-state index contributed by atoms with van der Waals surface area (Å²) < 4.78 is 10.7. The molecule has 0 saturated carbocycles. The molecule has 30 heavy (non-hydrogen) atoms. The number of benzene rings is 2. The summed E-state index contributed by atoms with van der Waals surface area (Å²) >= 11 is 5.44. The molecule has 0 amide bonds. The van der Waals surface area contributed by atoms with Crippen molar-refractivity contribution in [3.63, 3.8) is 0 Å². The van der Waals surface area contributed by atoms with Crippen LogP contribution in [0, 0.1) is 0 Å². The number of thiocarbonyl (C=S) groups is 1. The van der Waals surface area contributed by atoms with Gasteiger partial charge in [-0.25, -0.2) is 0 Å². The zero-order chi connectivity index (χ0) is 20.9. The van der Waals surface area contributed by atoms with Gasteiger partial charge in [0.2, 0.25) is 0 Å². The number of rotatable bonds is 8. The van der Waals surface area contributed by atoms with Crippen molar-refractivity contribution in [1.82, 2.24) is 20.6 Å². The Morgan fingerprint density at radius 2 is 1.27 bits per heavy atom. The molecule has 4 N–H and O–H groups in total. The molecule has 4 rings (SSSR count). The maximum absolute atomic E-state index is 5.44. The Kier molecular flexibility index (Phi) is 6.09. The minimum absolute atomic E-state index is 0.671. The van der Waals surface area contributed by atoms with Gasteiger partial charge in [0, 0.05) is 47.3 Å². The summed E-state index contributed by atoms with van der Waals surface area (Å²) in [6.45, 7) is 1.53. The van der Waals surface area contributed by atoms with Crippen LogP contribution in [-0.4, -0.2) is 42.4 Å².